The number of ether oxygens (including phenoxy) is 1. The molecule has 2 aliphatic heterocycles. The van der Waals surface area contributed by atoms with Crippen LogP contribution in [0.4, 0.5) is 0 Å². The van der Waals surface area contributed by atoms with Gasteiger partial charge >= 0.3 is 0 Å². The molecule has 5 heteroatoms. The highest BCUT2D eigenvalue weighted by Gasteiger charge is 2.25. The summed E-state index contributed by atoms with van der Waals surface area (Å²) in [6, 6.07) is 0. The van der Waals surface area contributed by atoms with Crippen molar-refractivity contribution in [1.29, 1.82) is 0 Å². The van der Waals surface area contributed by atoms with Crippen LogP contribution < -0.4 is 0 Å². The number of fused-ring (bicyclic) bond motifs is 1. The van der Waals surface area contributed by atoms with Crippen LogP contribution in [-0.4, -0.2) is 39.2 Å². The maximum absolute atomic E-state index is 9.36. The molecule has 1 N–H and O–H groups in total. The van der Waals surface area contributed by atoms with Gasteiger partial charge in [-0.15, -0.1) is 0 Å². The molecule has 0 saturated carbocycles. The van der Waals surface area contributed by atoms with E-state index in [1.807, 2.05) is 4.68 Å². The Morgan fingerprint density at radius 2 is 2.22 bits per heavy atom. The Kier molecular flexibility index (Phi) is 3.61. The van der Waals surface area contributed by atoms with Gasteiger partial charge in [0.15, 0.2) is 5.82 Å². The molecule has 3 heterocycles. The number of aromatic nitrogens is 3. The highest BCUT2D eigenvalue weighted by Crippen LogP contribution is 2.25. The summed E-state index contributed by atoms with van der Waals surface area (Å²) in [5.41, 5.74) is 0. The summed E-state index contributed by atoms with van der Waals surface area (Å²) in [6.07, 6.45) is 6.75. The summed E-state index contributed by atoms with van der Waals surface area (Å²) < 4.78 is 7.70. The van der Waals surface area contributed by atoms with Crippen LogP contribution in [0, 0.1) is 0 Å². The Bertz CT molecular complexity index is 399. The van der Waals surface area contributed by atoms with E-state index in [2.05, 4.69) is 10.1 Å². The van der Waals surface area contributed by atoms with Crippen molar-refractivity contribution in [2.45, 2.75) is 57.1 Å². The molecule has 1 aromatic rings. The summed E-state index contributed by atoms with van der Waals surface area (Å²) in [6.45, 7) is 1.99. The predicted molar refractivity (Wildman–Crippen MR) is 66.4 cm³/mol. The molecule has 1 saturated heterocycles. The van der Waals surface area contributed by atoms with E-state index in [9.17, 15) is 5.11 Å². The van der Waals surface area contributed by atoms with Gasteiger partial charge in [-0.1, -0.05) is 0 Å². The fourth-order valence-corrected chi connectivity index (χ4v) is 2.92. The van der Waals surface area contributed by atoms with Crippen molar-refractivity contribution in [2.24, 2.45) is 0 Å². The quantitative estimate of drug-likeness (QED) is 0.878. The Balaban J connectivity index is 1.71. The summed E-state index contributed by atoms with van der Waals surface area (Å²) >= 11 is 0. The molecule has 2 atom stereocenters. The van der Waals surface area contributed by atoms with Crippen LogP contribution in [0.25, 0.3) is 0 Å². The van der Waals surface area contributed by atoms with Crippen LogP contribution in [0.2, 0.25) is 0 Å². The van der Waals surface area contributed by atoms with E-state index in [-0.39, 0.29) is 18.6 Å². The second kappa shape index (κ2) is 5.36. The van der Waals surface area contributed by atoms with Crippen molar-refractivity contribution >= 4 is 0 Å². The number of aryl methyl sites for hydroxylation is 1. The molecule has 2 unspecified atom stereocenters. The normalized spacial score (nSPS) is 28.1. The second-order valence-electron chi connectivity index (χ2n) is 5.32. The first-order chi connectivity index (χ1) is 8.86. The molecule has 1 aromatic heterocycles. The van der Waals surface area contributed by atoms with Crippen LogP contribution in [0.15, 0.2) is 0 Å². The van der Waals surface area contributed by atoms with Gasteiger partial charge in [0, 0.05) is 25.5 Å². The van der Waals surface area contributed by atoms with E-state index < -0.39 is 0 Å². The van der Waals surface area contributed by atoms with Gasteiger partial charge in [0.2, 0.25) is 0 Å². The summed E-state index contributed by atoms with van der Waals surface area (Å²) in [5, 5.41) is 13.9. The van der Waals surface area contributed by atoms with Crippen molar-refractivity contribution in [3.05, 3.63) is 11.6 Å². The Hall–Kier alpha value is -0.940. The molecule has 18 heavy (non-hydrogen) atoms. The Morgan fingerprint density at radius 1 is 1.28 bits per heavy atom. The van der Waals surface area contributed by atoms with Crippen LogP contribution >= 0.6 is 0 Å². The molecule has 100 valence electrons. The predicted octanol–water partition coefficient (Wildman–Crippen LogP) is 1.26. The number of hydrogen-bond donors (Lipinski definition) is 1. The highest BCUT2D eigenvalue weighted by molar-refractivity contribution is 5.03. The maximum atomic E-state index is 9.36. The van der Waals surface area contributed by atoms with Gasteiger partial charge in [-0.25, -0.2) is 9.67 Å². The van der Waals surface area contributed by atoms with Gasteiger partial charge in [-0.05, 0) is 32.1 Å². The summed E-state index contributed by atoms with van der Waals surface area (Å²) in [7, 11) is 0. The van der Waals surface area contributed by atoms with Gasteiger partial charge in [0.1, 0.15) is 5.82 Å². The van der Waals surface area contributed by atoms with E-state index in [4.69, 9.17) is 4.74 Å². The van der Waals surface area contributed by atoms with Crippen molar-refractivity contribution < 1.29 is 9.84 Å². The first-order valence-electron chi connectivity index (χ1n) is 7.03. The van der Waals surface area contributed by atoms with E-state index in [1.54, 1.807) is 0 Å². The van der Waals surface area contributed by atoms with Crippen LogP contribution in [0.3, 0.4) is 0 Å². The Morgan fingerprint density at radius 3 is 3.00 bits per heavy atom. The van der Waals surface area contributed by atoms with Crippen LogP contribution in [0.5, 0.6) is 0 Å². The summed E-state index contributed by atoms with van der Waals surface area (Å²) in [5.74, 6) is 2.03. The zero-order valence-electron chi connectivity index (χ0n) is 10.7. The molecule has 0 aromatic carbocycles. The van der Waals surface area contributed by atoms with Gasteiger partial charge in [-0.3, -0.25) is 0 Å². The van der Waals surface area contributed by atoms with Crippen molar-refractivity contribution in [1.82, 2.24) is 14.8 Å². The van der Waals surface area contributed by atoms with Crippen LogP contribution in [0.1, 0.15) is 49.7 Å². The Labute approximate surface area is 107 Å². The third-order valence-electron chi connectivity index (χ3n) is 3.94. The van der Waals surface area contributed by atoms with Crippen LogP contribution in [-0.2, 0) is 17.7 Å². The fourth-order valence-electron chi connectivity index (χ4n) is 2.92. The first kappa shape index (κ1) is 12.1. The monoisotopic (exact) mass is 251 g/mol. The van der Waals surface area contributed by atoms with E-state index >= 15 is 0 Å². The number of hydrogen-bond acceptors (Lipinski definition) is 4. The van der Waals surface area contributed by atoms with Crippen molar-refractivity contribution in [3.63, 3.8) is 0 Å². The largest absolute Gasteiger partial charge is 0.396 e. The lowest BCUT2D eigenvalue weighted by Gasteiger charge is -2.21. The molecule has 3 rings (SSSR count). The molecule has 0 bridgehead atoms. The molecular weight excluding hydrogens is 230 g/mol. The molecule has 2 aliphatic rings. The standard InChI is InChI=1S/C13H21N3O2/c17-9-10-4-3-6-16-13(10)14-12(15-16)8-11-5-1-2-7-18-11/h10-11,17H,1-9H2. The molecule has 0 aliphatic carbocycles. The second-order valence-corrected chi connectivity index (χ2v) is 5.32. The van der Waals surface area contributed by atoms with Gasteiger partial charge in [-0.2, -0.15) is 5.10 Å². The molecule has 0 spiro atoms. The third-order valence-corrected chi connectivity index (χ3v) is 3.94. The molecule has 0 amide bonds. The summed E-state index contributed by atoms with van der Waals surface area (Å²) in [4.78, 5) is 4.61. The average molecular weight is 251 g/mol. The smallest absolute Gasteiger partial charge is 0.153 e. The lowest BCUT2D eigenvalue weighted by atomic mass is 10.0. The number of aliphatic hydroxyl groups is 1. The molecule has 5 nitrogen and oxygen atoms in total. The van der Waals surface area contributed by atoms with E-state index in [0.717, 1.165) is 50.5 Å². The molecular formula is C13H21N3O2. The van der Waals surface area contributed by atoms with Gasteiger partial charge in [0.05, 0.1) is 12.7 Å². The van der Waals surface area contributed by atoms with Crippen molar-refractivity contribution in [3.8, 4) is 0 Å². The highest BCUT2D eigenvalue weighted by atomic mass is 16.5. The topological polar surface area (TPSA) is 60.2 Å². The number of rotatable bonds is 3. The number of nitrogens with zero attached hydrogens (tertiary/aromatic N) is 3. The minimum absolute atomic E-state index is 0.173. The van der Waals surface area contributed by atoms with Gasteiger partial charge in [0.25, 0.3) is 0 Å². The number of aliphatic hydroxyl groups excluding tert-OH is 1. The first-order valence-corrected chi connectivity index (χ1v) is 7.03. The average Bonchev–Trinajstić information content (AvgIpc) is 2.82. The zero-order chi connectivity index (χ0) is 12.4. The molecule has 0 radical (unpaired) electrons. The minimum Gasteiger partial charge on any atom is -0.396 e. The van der Waals surface area contributed by atoms with Gasteiger partial charge < -0.3 is 9.84 Å². The lowest BCUT2D eigenvalue weighted by Crippen LogP contribution is -2.22. The third kappa shape index (κ3) is 2.42. The van der Waals surface area contributed by atoms with E-state index in [1.165, 1.54) is 12.8 Å². The van der Waals surface area contributed by atoms with Crippen molar-refractivity contribution in [2.75, 3.05) is 13.2 Å². The fraction of sp³-hybridized carbons (Fsp3) is 0.846. The maximum Gasteiger partial charge on any atom is 0.153 e. The van der Waals surface area contributed by atoms with E-state index in [0.29, 0.717) is 0 Å². The zero-order valence-corrected chi connectivity index (χ0v) is 10.7. The lowest BCUT2D eigenvalue weighted by molar-refractivity contribution is 0.0156. The molecule has 1 fully saturated rings. The SMILES string of the molecule is OCC1CCCn2nc(CC3CCCCO3)nc21. The minimum atomic E-state index is 0.173.